The third kappa shape index (κ3) is 3.87. The smallest absolute Gasteiger partial charge is 0.289 e. The molecular weight excluding hydrogens is 533 g/mol. The van der Waals surface area contributed by atoms with Crippen LogP contribution in [0.3, 0.4) is 0 Å². The molecule has 3 rings (SSSR count). The summed E-state index contributed by atoms with van der Waals surface area (Å²) >= 11 is 0. The highest BCUT2D eigenvalue weighted by atomic mass is 32.2. The lowest BCUT2D eigenvalue weighted by molar-refractivity contribution is -0.553. The molecule has 0 N–H and O–H groups in total. The number of nitro benzene ring substituents is 1. The molecule has 11 nitrogen and oxygen atoms in total. The molecule has 1 unspecified atom stereocenters. The van der Waals surface area contributed by atoms with Crippen LogP contribution in [0.1, 0.15) is 10.4 Å². The van der Waals surface area contributed by atoms with Gasteiger partial charge in [0, 0.05) is 17.9 Å². The molecule has 0 radical (unpaired) electrons. The molecule has 2 aromatic rings. The first kappa shape index (κ1) is 26.7. The molecule has 0 fully saturated rings. The molecule has 0 aromatic heterocycles. The number of ketones is 1. The van der Waals surface area contributed by atoms with E-state index in [2.05, 4.69) is 0 Å². The molecule has 36 heavy (non-hydrogen) atoms. The molecule has 0 amide bonds. The second-order valence-corrected chi connectivity index (χ2v) is 11.5. The number of allylic oxidation sites excluding steroid dienone is 1. The lowest BCUT2D eigenvalue weighted by Gasteiger charge is -2.34. The maximum absolute atomic E-state index is 15.2. The van der Waals surface area contributed by atoms with Crippen LogP contribution in [0.2, 0.25) is 0 Å². The lowest BCUT2D eigenvalue weighted by Crippen LogP contribution is -2.62. The zero-order chi connectivity index (χ0) is 27.3. The number of halogens is 3. The molecule has 2 aromatic carbocycles. The molecule has 16 heteroatoms. The van der Waals surface area contributed by atoms with E-state index < -0.39 is 78.5 Å². The minimum Gasteiger partial charge on any atom is -0.289 e. The summed E-state index contributed by atoms with van der Waals surface area (Å²) in [6.45, 7) is 0. The van der Waals surface area contributed by atoms with Crippen LogP contribution < -0.4 is 0 Å². The second-order valence-electron chi connectivity index (χ2n) is 7.44. The minimum atomic E-state index is -5.66. The van der Waals surface area contributed by atoms with Crippen molar-refractivity contribution >= 4 is 31.1 Å². The minimum absolute atomic E-state index is 0.00994. The number of carbonyl (C=O) groups is 1. The first-order valence-electron chi connectivity index (χ1n) is 9.45. The average Bonchev–Trinajstić information content (AvgIpc) is 2.77. The summed E-state index contributed by atoms with van der Waals surface area (Å²) in [5.74, 6) is -8.41. The van der Waals surface area contributed by atoms with Crippen LogP contribution in [0.25, 0.3) is 0 Å². The zero-order valence-corrected chi connectivity index (χ0v) is 19.4. The first-order chi connectivity index (χ1) is 16.5. The highest BCUT2D eigenvalue weighted by Crippen LogP contribution is 2.49. The van der Waals surface area contributed by atoms with E-state index in [1.54, 1.807) is 0 Å². The van der Waals surface area contributed by atoms with E-state index in [-0.39, 0.29) is 24.5 Å². The first-order valence-corrected chi connectivity index (χ1v) is 12.8. The highest BCUT2D eigenvalue weighted by molar-refractivity contribution is 7.96. The number of rotatable bonds is 7. The molecule has 1 atom stereocenters. The van der Waals surface area contributed by atoms with Gasteiger partial charge in [-0.2, -0.15) is 13.2 Å². The van der Waals surface area contributed by atoms with Crippen molar-refractivity contribution in [3.05, 3.63) is 103 Å². The van der Waals surface area contributed by atoms with Gasteiger partial charge < -0.3 is 0 Å². The van der Waals surface area contributed by atoms with Crippen molar-refractivity contribution in [3.63, 3.8) is 0 Å². The lowest BCUT2D eigenvalue weighted by atomic mass is 9.88. The molecule has 0 spiro atoms. The number of nitro groups is 2. The van der Waals surface area contributed by atoms with E-state index in [0.717, 1.165) is 12.1 Å². The molecule has 0 bridgehead atoms. The predicted octanol–water partition coefficient (Wildman–Crippen LogP) is 2.87. The standard InChI is InChI=1S/C20H13F3N2O9S2/c1-35(31,32)20(25(29)30)17(18(26)12-7-8-14(21)15(11-12)24(27)28)16(9-10-19(20,22)23)36(33,34)13-5-3-2-4-6-13/h2-11H,1H3. The Kier molecular flexibility index (Phi) is 6.40. The van der Waals surface area contributed by atoms with Gasteiger partial charge in [-0.1, -0.05) is 18.2 Å². The summed E-state index contributed by atoms with van der Waals surface area (Å²) in [4.78, 5) is 26.6. The van der Waals surface area contributed by atoms with Crippen molar-refractivity contribution in [1.82, 2.24) is 0 Å². The molecular formula is C20H13F3N2O9S2. The van der Waals surface area contributed by atoms with Gasteiger partial charge in [0.2, 0.25) is 25.5 Å². The van der Waals surface area contributed by atoms with E-state index in [9.17, 15) is 46.2 Å². The van der Waals surface area contributed by atoms with E-state index in [4.69, 9.17) is 0 Å². The third-order valence-electron chi connectivity index (χ3n) is 5.25. The maximum atomic E-state index is 15.2. The Morgan fingerprint density at radius 2 is 1.56 bits per heavy atom. The fourth-order valence-corrected chi connectivity index (χ4v) is 6.64. The molecule has 0 aliphatic heterocycles. The Morgan fingerprint density at radius 1 is 0.972 bits per heavy atom. The average molecular weight is 546 g/mol. The SMILES string of the molecule is CS(=O)(=O)C1([N+](=O)[O-])C(C(=O)c2ccc(F)c([N+](=O)[O-])c2)=C(S(=O)(=O)c2ccccc2)C=CC1(F)F. The summed E-state index contributed by atoms with van der Waals surface area (Å²) in [5.41, 5.74) is -4.37. The summed E-state index contributed by atoms with van der Waals surface area (Å²) in [6, 6.07) is 6.80. The van der Waals surface area contributed by atoms with Crippen molar-refractivity contribution in [3.8, 4) is 0 Å². The molecule has 190 valence electrons. The summed E-state index contributed by atoms with van der Waals surface area (Å²) in [5, 5.41) is 23.2. The van der Waals surface area contributed by atoms with Crippen LogP contribution >= 0.6 is 0 Å². The Morgan fingerprint density at radius 3 is 2.06 bits per heavy atom. The van der Waals surface area contributed by atoms with Crippen LogP contribution in [0, 0.1) is 26.0 Å². The van der Waals surface area contributed by atoms with Crippen LogP contribution in [-0.2, 0) is 19.7 Å². The number of Topliss-reactive ketones (excluding diaryl/α,β-unsaturated/α-hetero) is 1. The molecule has 0 saturated heterocycles. The summed E-state index contributed by atoms with van der Waals surface area (Å²) in [6.07, 6.45) is -0.160. The number of carbonyl (C=O) groups excluding carboxylic acids is 1. The number of hydrogen-bond acceptors (Lipinski definition) is 9. The van der Waals surface area contributed by atoms with Gasteiger partial charge in [0.25, 0.3) is 0 Å². The second kappa shape index (κ2) is 8.63. The van der Waals surface area contributed by atoms with E-state index in [0.29, 0.717) is 12.1 Å². The Labute approximate surface area is 200 Å². The maximum Gasteiger partial charge on any atom is 0.413 e. The van der Waals surface area contributed by atoms with Crippen molar-refractivity contribution < 1.29 is 44.6 Å². The van der Waals surface area contributed by atoms with Crippen LogP contribution in [-0.4, -0.2) is 49.5 Å². The number of hydrogen-bond donors (Lipinski definition) is 0. The normalized spacial score (nSPS) is 19.7. The van der Waals surface area contributed by atoms with Crippen LogP contribution in [0.5, 0.6) is 0 Å². The van der Waals surface area contributed by atoms with Gasteiger partial charge in [0.1, 0.15) is 5.57 Å². The fraction of sp³-hybridized carbons (Fsp3) is 0.150. The van der Waals surface area contributed by atoms with Gasteiger partial charge in [-0.05, 0) is 36.4 Å². The Bertz CT molecular complexity index is 1590. The summed E-state index contributed by atoms with van der Waals surface area (Å²) < 4.78 is 96.1. The van der Waals surface area contributed by atoms with Crippen molar-refractivity contribution in [2.45, 2.75) is 15.7 Å². The van der Waals surface area contributed by atoms with Gasteiger partial charge in [-0.25, -0.2) is 16.8 Å². The van der Waals surface area contributed by atoms with E-state index >= 15 is 8.78 Å². The van der Waals surface area contributed by atoms with Crippen molar-refractivity contribution in [2.24, 2.45) is 0 Å². The van der Waals surface area contributed by atoms with E-state index in [1.165, 1.54) is 18.2 Å². The fourth-order valence-electron chi connectivity index (χ4n) is 3.65. The molecule has 1 aliphatic carbocycles. The molecule has 1 aliphatic rings. The van der Waals surface area contributed by atoms with Crippen molar-refractivity contribution in [2.75, 3.05) is 6.26 Å². The topological polar surface area (TPSA) is 172 Å². The zero-order valence-electron chi connectivity index (χ0n) is 17.8. The van der Waals surface area contributed by atoms with Gasteiger partial charge in [-0.15, -0.1) is 0 Å². The highest BCUT2D eigenvalue weighted by Gasteiger charge is 2.76. The van der Waals surface area contributed by atoms with Crippen LogP contribution in [0.4, 0.5) is 18.9 Å². The molecule has 0 heterocycles. The quantitative estimate of drug-likeness (QED) is 0.288. The number of benzene rings is 2. The monoisotopic (exact) mass is 546 g/mol. The largest absolute Gasteiger partial charge is 0.413 e. The van der Waals surface area contributed by atoms with Gasteiger partial charge in [0.15, 0.2) is 5.78 Å². The number of sulfone groups is 2. The predicted molar refractivity (Wildman–Crippen MR) is 117 cm³/mol. The van der Waals surface area contributed by atoms with Gasteiger partial charge in [-0.3, -0.25) is 25.0 Å². The Hall–Kier alpha value is -3.92. The third-order valence-corrected chi connectivity index (χ3v) is 8.76. The molecule has 0 saturated carbocycles. The summed E-state index contributed by atoms with van der Waals surface area (Å²) in [7, 11) is -10.7. The van der Waals surface area contributed by atoms with Crippen molar-refractivity contribution in [1.29, 1.82) is 0 Å². The number of alkyl halides is 2. The number of nitrogens with zero attached hydrogens (tertiary/aromatic N) is 2. The van der Waals surface area contributed by atoms with Crippen LogP contribution in [0.15, 0.2) is 76.1 Å². The van der Waals surface area contributed by atoms with Gasteiger partial charge in [0.05, 0.1) is 19.6 Å². The van der Waals surface area contributed by atoms with E-state index in [1.807, 2.05) is 0 Å². The Balaban J connectivity index is 2.56. The van der Waals surface area contributed by atoms with Gasteiger partial charge >= 0.3 is 16.5 Å².